The molecule has 1 rings (SSSR count). The molecule has 0 radical (unpaired) electrons. The molecule has 0 saturated heterocycles. The summed E-state index contributed by atoms with van der Waals surface area (Å²) < 4.78 is 0. The molecule has 0 aliphatic carbocycles. The quantitative estimate of drug-likeness (QED) is 0.805. The summed E-state index contributed by atoms with van der Waals surface area (Å²) in [4.78, 5) is 15.0. The SMILES string of the molecule is CCC(C)(Cc1ccnc(Cl)c1)C(=O)O. The Balaban J connectivity index is 2.89. The summed E-state index contributed by atoms with van der Waals surface area (Å²) in [5, 5.41) is 9.51. The molecule has 0 fully saturated rings. The van der Waals surface area contributed by atoms with Crippen molar-refractivity contribution in [1.82, 2.24) is 4.98 Å². The van der Waals surface area contributed by atoms with Crippen LogP contribution in [0.3, 0.4) is 0 Å². The van der Waals surface area contributed by atoms with Gasteiger partial charge in [-0.15, -0.1) is 0 Å². The van der Waals surface area contributed by atoms with Crippen molar-refractivity contribution < 1.29 is 9.90 Å². The summed E-state index contributed by atoms with van der Waals surface area (Å²) >= 11 is 5.74. The van der Waals surface area contributed by atoms with Crippen molar-refractivity contribution in [3.63, 3.8) is 0 Å². The number of carbonyl (C=O) groups is 1. The van der Waals surface area contributed by atoms with E-state index in [2.05, 4.69) is 4.98 Å². The molecular weight excluding hydrogens is 214 g/mol. The molecule has 0 spiro atoms. The first kappa shape index (κ1) is 12.0. The molecule has 0 bridgehead atoms. The maximum Gasteiger partial charge on any atom is 0.309 e. The highest BCUT2D eigenvalue weighted by molar-refractivity contribution is 6.29. The van der Waals surface area contributed by atoms with Crippen molar-refractivity contribution in [3.8, 4) is 0 Å². The van der Waals surface area contributed by atoms with Gasteiger partial charge in [0.05, 0.1) is 5.41 Å². The summed E-state index contributed by atoms with van der Waals surface area (Å²) in [6.45, 7) is 3.61. The molecule has 0 aliphatic heterocycles. The average Bonchev–Trinajstić information content (AvgIpc) is 2.17. The highest BCUT2D eigenvalue weighted by Gasteiger charge is 2.31. The van der Waals surface area contributed by atoms with Crippen LogP contribution in [-0.2, 0) is 11.2 Å². The van der Waals surface area contributed by atoms with Crippen LogP contribution in [0.1, 0.15) is 25.8 Å². The first-order chi connectivity index (χ1) is 6.98. The Morgan fingerprint density at radius 2 is 2.33 bits per heavy atom. The third kappa shape index (κ3) is 2.93. The van der Waals surface area contributed by atoms with E-state index in [1.165, 1.54) is 0 Å². The summed E-state index contributed by atoms with van der Waals surface area (Å²) in [6, 6.07) is 3.50. The van der Waals surface area contributed by atoms with Crippen molar-refractivity contribution in [3.05, 3.63) is 29.0 Å². The minimum absolute atomic E-state index is 0.399. The minimum Gasteiger partial charge on any atom is -0.481 e. The Morgan fingerprint density at radius 3 is 2.80 bits per heavy atom. The van der Waals surface area contributed by atoms with E-state index in [9.17, 15) is 4.79 Å². The zero-order valence-corrected chi connectivity index (χ0v) is 9.58. The number of nitrogens with zero attached hydrogens (tertiary/aromatic N) is 1. The Labute approximate surface area is 94.1 Å². The lowest BCUT2D eigenvalue weighted by molar-refractivity contribution is -0.148. The van der Waals surface area contributed by atoms with Gasteiger partial charge in [0, 0.05) is 6.20 Å². The zero-order chi connectivity index (χ0) is 11.5. The highest BCUT2D eigenvalue weighted by Crippen LogP contribution is 2.27. The van der Waals surface area contributed by atoms with Gasteiger partial charge in [-0.1, -0.05) is 18.5 Å². The zero-order valence-electron chi connectivity index (χ0n) is 8.83. The van der Waals surface area contributed by atoms with Crippen molar-refractivity contribution in [2.45, 2.75) is 26.7 Å². The number of rotatable bonds is 4. The maximum atomic E-state index is 11.1. The van der Waals surface area contributed by atoms with Crippen LogP contribution < -0.4 is 0 Å². The van der Waals surface area contributed by atoms with E-state index in [-0.39, 0.29) is 0 Å². The lowest BCUT2D eigenvalue weighted by atomic mass is 9.81. The predicted molar refractivity (Wildman–Crippen MR) is 59.0 cm³/mol. The van der Waals surface area contributed by atoms with Crippen LogP contribution in [0.2, 0.25) is 5.15 Å². The third-order valence-corrected chi connectivity index (χ3v) is 2.89. The molecule has 0 aliphatic rings. The molecule has 0 aromatic carbocycles. The third-order valence-electron chi connectivity index (χ3n) is 2.68. The van der Waals surface area contributed by atoms with Crippen LogP contribution in [0.5, 0.6) is 0 Å². The topological polar surface area (TPSA) is 50.2 Å². The lowest BCUT2D eigenvalue weighted by Crippen LogP contribution is -2.29. The molecule has 1 N–H and O–H groups in total. The molecule has 1 unspecified atom stereocenters. The molecule has 4 heteroatoms. The predicted octanol–water partition coefficient (Wildman–Crippen LogP) is 2.78. The first-order valence-corrected chi connectivity index (χ1v) is 5.19. The molecule has 0 saturated carbocycles. The fourth-order valence-electron chi connectivity index (χ4n) is 1.35. The van der Waals surface area contributed by atoms with Gasteiger partial charge in [-0.25, -0.2) is 4.98 Å². The van der Waals surface area contributed by atoms with Gasteiger partial charge in [-0.2, -0.15) is 0 Å². The number of pyridine rings is 1. The monoisotopic (exact) mass is 227 g/mol. The largest absolute Gasteiger partial charge is 0.481 e. The van der Waals surface area contributed by atoms with E-state index >= 15 is 0 Å². The second kappa shape index (κ2) is 4.62. The van der Waals surface area contributed by atoms with Crippen molar-refractivity contribution >= 4 is 17.6 Å². The normalized spacial score (nSPS) is 14.6. The van der Waals surface area contributed by atoms with Crippen LogP contribution in [0.15, 0.2) is 18.3 Å². The second-order valence-electron chi connectivity index (χ2n) is 3.88. The molecule has 1 heterocycles. The van der Waals surface area contributed by atoms with Gasteiger partial charge in [0.25, 0.3) is 0 Å². The van der Waals surface area contributed by atoms with Crippen LogP contribution in [0, 0.1) is 5.41 Å². The number of hydrogen-bond acceptors (Lipinski definition) is 2. The Hall–Kier alpha value is -1.09. The van der Waals surface area contributed by atoms with Crippen molar-refractivity contribution in [2.75, 3.05) is 0 Å². The van der Waals surface area contributed by atoms with Gasteiger partial charge < -0.3 is 5.11 Å². The van der Waals surface area contributed by atoms with Gasteiger partial charge in [0.2, 0.25) is 0 Å². The maximum absolute atomic E-state index is 11.1. The average molecular weight is 228 g/mol. The number of carboxylic acid groups (broad SMARTS) is 1. The van der Waals surface area contributed by atoms with Gasteiger partial charge in [0.15, 0.2) is 0 Å². The van der Waals surface area contributed by atoms with Crippen LogP contribution >= 0.6 is 11.6 Å². The Bertz CT molecular complexity index is 367. The lowest BCUT2D eigenvalue weighted by Gasteiger charge is -2.22. The van der Waals surface area contributed by atoms with E-state index < -0.39 is 11.4 Å². The smallest absolute Gasteiger partial charge is 0.309 e. The van der Waals surface area contributed by atoms with Crippen LogP contribution in [-0.4, -0.2) is 16.1 Å². The number of carboxylic acids is 1. The molecule has 0 amide bonds. The fourth-order valence-corrected chi connectivity index (χ4v) is 1.55. The highest BCUT2D eigenvalue weighted by atomic mass is 35.5. The van der Waals surface area contributed by atoms with Gasteiger partial charge in [-0.3, -0.25) is 4.79 Å². The number of aliphatic carboxylic acids is 1. The number of halogens is 1. The molecular formula is C11H14ClNO2. The summed E-state index contributed by atoms with van der Waals surface area (Å²) in [5.74, 6) is -0.780. The van der Waals surface area contributed by atoms with Crippen molar-refractivity contribution in [2.24, 2.45) is 5.41 Å². The molecule has 1 atom stereocenters. The first-order valence-electron chi connectivity index (χ1n) is 4.82. The minimum atomic E-state index is -0.780. The van der Waals surface area contributed by atoms with E-state index in [0.29, 0.717) is 18.0 Å². The summed E-state index contributed by atoms with van der Waals surface area (Å²) in [5.41, 5.74) is 0.173. The van der Waals surface area contributed by atoms with Gasteiger partial charge in [0.1, 0.15) is 5.15 Å². The Morgan fingerprint density at radius 1 is 1.67 bits per heavy atom. The van der Waals surface area contributed by atoms with E-state index in [1.807, 2.05) is 6.92 Å². The molecule has 3 nitrogen and oxygen atoms in total. The van der Waals surface area contributed by atoms with Gasteiger partial charge in [-0.05, 0) is 37.5 Å². The standard InChI is InChI=1S/C11H14ClNO2/c1-3-11(2,10(14)15)7-8-4-5-13-9(12)6-8/h4-6H,3,7H2,1-2H3,(H,14,15). The van der Waals surface area contributed by atoms with Crippen LogP contribution in [0.25, 0.3) is 0 Å². The van der Waals surface area contributed by atoms with E-state index in [4.69, 9.17) is 16.7 Å². The number of aromatic nitrogens is 1. The summed E-state index contributed by atoms with van der Waals surface area (Å²) in [7, 11) is 0. The number of hydrogen-bond donors (Lipinski definition) is 1. The van der Waals surface area contributed by atoms with E-state index in [0.717, 1.165) is 5.56 Å². The molecule has 1 aromatic heterocycles. The second-order valence-corrected chi connectivity index (χ2v) is 4.27. The molecule has 82 valence electrons. The van der Waals surface area contributed by atoms with Crippen LogP contribution in [0.4, 0.5) is 0 Å². The van der Waals surface area contributed by atoms with E-state index in [1.54, 1.807) is 25.3 Å². The fraction of sp³-hybridized carbons (Fsp3) is 0.455. The molecule has 15 heavy (non-hydrogen) atoms. The van der Waals surface area contributed by atoms with Gasteiger partial charge >= 0.3 is 5.97 Å². The van der Waals surface area contributed by atoms with Crippen molar-refractivity contribution in [1.29, 1.82) is 0 Å². The Kier molecular flexibility index (Phi) is 3.69. The molecule has 1 aromatic rings. The summed E-state index contributed by atoms with van der Waals surface area (Å²) in [6.07, 6.45) is 2.65.